The van der Waals surface area contributed by atoms with Crippen LogP contribution in [-0.2, 0) is 6.18 Å². The zero-order chi connectivity index (χ0) is 24.8. The number of aryl methyl sites for hydroxylation is 1. The lowest BCUT2D eigenvalue weighted by Gasteiger charge is -2.16. The number of para-hydroxylation sites is 1. The largest absolute Gasteiger partial charge is 0.418 e. The Balaban J connectivity index is 1.86. The molecule has 9 heteroatoms. The summed E-state index contributed by atoms with van der Waals surface area (Å²) >= 11 is 3.38. The van der Waals surface area contributed by atoms with E-state index in [-0.39, 0.29) is 17.2 Å². The van der Waals surface area contributed by atoms with E-state index in [1.54, 1.807) is 42.7 Å². The number of alkyl halides is 3. The molecule has 0 aliphatic rings. The molecular weight excluding hydrogens is 509 g/mol. The van der Waals surface area contributed by atoms with E-state index in [0.29, 0.717) is 33.7 Å². The Hall–Kier alpha value is -3.20. The molecule has 0 radical (unpaired) electrons. The Kier molecular flexibility index (Phi) is 6.24. The first-order valence-electron chi connectivity index (χ1n) is 10.6. The highest BCUT2D eigenvalue weighted by molar-refractivity contribution is 9.10. The van der Waals surface area contributed by atoms with Gasteiger partial charge in [0.15, 0.2) is 0 Å². The summed E-state index contributed by atoms with van der Waals surface area (Å²) in [7, 11) is 0. The van der Waals surface area contributed by atoms with Crippen LogP contribution in [0.3, 0.4) is 0 Å². The number of aromatic nitrogens is 3. The molecule has 0 bridgehead atoms. The van der Waals surface area contributed by atoms with Crippen LogP contribution in [0.4, 0.5) is 13.2 Å². The first-order valence-corrected chi connectivity index (χ1v) is 11.4. The van der Waals surface area contributed by atoms with Crippen molar-refractivity contribution >= 4 is 33.0 Å². The van der Waals surface area contributed by atoms with Crippen LogP contribution in [0, 0.1) is 13.8 Å². The summed E-state index contributed by atoms with van der Waals surface area (Å²) in [5.74, 6) is 0.413. The Bertz CT molecular complexity index is 1480. The number of rotatable bonds is 4. The maximum absolute atomic E-state index is 13.6. The molecule has 0 spiro atoms. The quantitative estimate of drug-likeness (QED) is 0.279. The van der Waals surface area contributed by atoms with E-state index in [1.807, 2.05) is 19.9 Å². The van der Waals surface area contributed by atoms with Crippen molar-refractivity contribution in [3.05, 3.63) is 91.7 Å². The number of nitrogens with zero attached hydrogens (tertiary/aromatic N) is 4. The van der Waals surface area contributed by atoms with Gasteiger partial charge in [-0.3, -0.25) is 4.79 Å². The predicted octanol–water partition coefficient (Wildman–Crippen LogP) is 6.59. The third kappa shape index (κ3) is 4.32. The van der Waals surface area contributed by atoms with E-state index < -0.39 is 11.7 Å². The molecule has 2 aromatic heterocycles. The minimum absolute atomic E-state index is 0.0434. The molecule has 0 aliphatic carbocycles. The first kappa shape index (κ1) is 23.9. The average Bonchev–Trinajstić information content (AvgIpc) is 3.05. The molecular formula is C25H22BrF3N4O. The zero-order valence-electron chi connectivity index (χ0n) is 19.0. The number of benzene rings is 2. The second-order valence-corrected chi connectivity index (χ2v) is 9.24. The van der Waals surface area contributed by atoms with Gasteiger partial charge in [-0.15, -0.1) is 0 Å². The van der Waals surface area contributed by atoms with Crippen LogP contribution in [-0.4, -0.2) is 20.4 Å². The summed E-state index contributed by atoms with van der Waals surface area (Å²) in [5.41, 5.74) is 1.38. The zero-order valence-corrected chi connectivity index (χ0v) is 20.6. The summed E-state index contributed by atoms with van der Waals surface area (Å²) in [6.07, 6.45) is -2.99. The van der Waals surface area contributed by atoms with Gasteiger partial charge >= 0.3 is 6.18 Å². The molecule has 0 unspecified atom stereocenters. The second-order valence-electron chi connectivity index (χ2n) is 8.32. The lowest BCUT2D eigenvalue weighted by Crippen LogP contribution is -2.23. The van der Waals surface area contributed by atoms with Gasteiger partial charge < -0.3 is 4.57 Å². The molecule has 34 heavy (non-hydrogen) atoms. The fourth-order valence-corrected chi connectivity index (χ4v) is 4.33. The molecule has 176 valence electrons. The van der Waals surface area contributed by atoms with Crippen molar-refractivity contribution in [2.75, 3.05) is 0 Å². The summed E-state index contributed by atoms with van der Waals surface area (Å²) < 4.78 is 44.4. The van der Waals surface area contributed by atoms with Gasteiger partial charge in [0.2, 0.25) is 0 Å². The minimum Gasteiger partial charge on any atom is -0.317 e. The van der Waals surface area contributed by atoms with Gasteiger partial charge in [0.05, 0.1) is 28.4 Å². The molecule has 5 nitrogen and oxygen atoms in total. The van der Waals surface area contributed by atoms with Crippen LogP contribution in [0.25, 0.3) is 16.6 Å². The fourth-order valence-electron chi connectivity index (χ4n) is 3.97. The molecule has 0 amide bonds. The van der Waals surface area contributed by atoms with Gasteiger partial charge in [-0.25, -0.2) is 4.98 Å². The summed E-state index contributed by atoms with van der Waals surface area (Å²) in [5, 5.41) is 4.84. The van der Waals surface area contributed by atoms with Gasteiger partial charge in [-0.05, 0) is 50.2 Å². The van der Waals surface area contributed by atoms with Crippen molar-refractivity contribution in [3.8, 4) is 5.69 Å². The van der Waals surface area contributed by atoms with Crippen LogP contribution >= 0.6 is 15.9 Å². The molecule has 0 saturated carbocycles. The first-order chi connectivity index (χ1) is 16.0. The Labute approximate surface area is 202 Å². The van der Waals surface area contributed by atoms with Crippen molar-refractivity contribution < 1.29 is 13.2 Å². The lowest BCUT2D eigenvalue weighted by atomic mass is 10.1. The van der Waals surface area contributed by atoms with Crippen molar-refractivity contribution in [3.63, 3.8) is 0 Å². The number of fused-ring (bicyclic) bond motifs is 1. The molecule has 4 aromatic rings. The van der Waals surface area contributed by atoms with Crippen LogP contribution < -0.4 is 5.56 Å². The number of hydrogen-bond acceptors (Lipinski definition) is 3. The Morgan fingerprint density at radius 1 is 1.09 bits per heavy atom. The summed E-state index contributed by atoms with van der Waals surface area (Å²) in [4.78, 5) is 17.8. The van der Waals surface area contributed by atoms with E-state index >= 15 is 0 Å². The highest BCUT2D eigenvalue weighted by atomic mass is 79.9. The van der Waals surface area contributed by atoms with Gasteiger partial charge in [-0.2, -0.15) is 22.9 Å². The smallest absolute Gasteiger partial charge is 0.317 e. The Morgan fingerprint density at radius 2 is 1.79 bits per heavy atom. The normalized spacial score (nSPS) is 12.4. The van der Waals surface area contributed by atoms with Crippen LogP contribution in [0.1, 0.15) is 48.1 Å². The maximum atomic E-state index is 13.6. The van der Waals surface area contributed by atoms with Crippen molar-refractivity contribution in [2.45, 2.75) is 39.8 Å². The Morgan fingerprint density at radius 3 is 2.47 bits per heavy atom. The van der Waals surface area contributed by atoms with Crippen molar-refractivity contribution in [1.82, 2.24) is 14.2 Å². The SMILES string of the molecule is Cc1cc(C=Nn2c(C(C)C)nc3ccc(Br)cc3c2=O)c(C)n1-c1ccccc1C(F)(F)F. The van der Waals surface area contributed by atoms with E-state index in [0.717, 1.165) is 10.5 Å². The molecule has 4 rings (SSSR count). The van der Waals surface area contributed by atoms with E-state index in [4.69, 9.17) is 0 Å². The number of hydrogen-bond donors (Lipinski definition) is 0. The minimum atomic E-state index is -4.49. The van der Waals surface area contributed by atoms with Gasteiger partial charge in [0.1, 0.15) is 5.82 Å². The molecule has 0 N–H and O–H groups in total. The van der Waals surface area contributed by atoms with E-state index in [1.165, 1.54) is 23.0 Å². The maximum Gasteiger partial charge on any atom is 0.418 e. The van der Waals surface area contributed by atoms with E-state index in [9.17, 15) is 18.0 Å². The molecule has 2 heterocycles. The van der Waals surface area contributed by atoms with Crippen LogP contribution in [0.2, 0.25) is 0 Å². The third-order valence-corrected chi connectivity index (χ3v) is 6.08. The third-order valence-electron chi connectivity index (χ3n) is 5.58. The highest BCUT2D eigenvalue weighted by Crippen LogP contribution is 2.35. The predicted molar refractivity (Wildman–Crippen MR) is 131 cm³/mol. The highest BCUT2D eigenvalue weighted by Gasteiger charge is 2.34. The standard InChI is InChI=1S/C25H22BrF3N4O/c1-14(2)23-31-21-10-9-18(26)12-19(21)24(34)33(23)30-13-17-11-15(3)32(16(17)4)22-8-6-5-7-20(22)25(27,28)29/h5-14H,1-4H3. The fraction of sp³-hybridized carbons (Fsp3) is 0.240. The van der Waals surface area contributed by atoms with Gasteiger partial charge in [0.25, 0.3) is 5.56 Å². The van der Waals surface area contributed by atoms with Gasteiger partial charge in [-0.1, -0.05) is 41.9 Å². The monoisotopic (exact) mass is 530 g/mol. The van der Waals surface area contributed by atoms with Crippen LogP contribution in [0.15, 0.2) is 62.9 Å². The topological polar surface area (TPSA) is 52.2 Å². The molecule has 0 atom stereocenters. The van der Waals surface area contributed by atoms with E-state index in [2.05, 4.69) is 26.0 Å². The number of halogens is 4. The van der Waals surface area contributed by atoms with Gasteiger partial charge in [0, 0.05) is 27.3 Å². The second kappa shape index (κ2) is 8.87. The molecule has 0 fully saturated rings. The average molecular weight is 531 g/mol. The molecule has 0 aliphatic heterocycles. The molecule has 2 aromatic carbocycles. The summed E-state index contributed by atoms with van der Waals surface area (Å²) in [6.45, 7) is 7.29. The summed E-state index contributed by atoms with van der Waals surface area (Å²) in [6, 6.07) is 12.5. The van der Waals surface area contributed by atoms with Crippen molar-refractivity contribution in [1.29, 1.82) is 0 Å². The van der Waals surface area contributed by atoms with Crippen LogP contribution in [0.5, 0.6) is 0 Å². The lowest BCUT2D eigenvalue weighted by molar-refractivity contribution is -0.137. The molecule has 0 saturated heterocycles. The van der Waals surface area contributed by atoms with Crippen molar-refractivity contribution in [2.24, 2.45) is 5.10 Å².